The van der Waals surface area contributed by atoms with Gasteiger partial charge < -0.3 is 14.6 Å². The average molecular weight is 447 g/mol. The molecule has 0 radical (unpaired) electrons. The number of nitrogens with zero attached hydrogens (tertiary/aromatic N) is 3. The summed E-state index contributed by atoms with van der Waals surface area (Å²) in [5.41, 5.74) is 5.82. The lowest BCUT2D eigenvalue weighted by Gasteiger charge is -2.35. The molecule has 172 valence electrons. The number of carbonyl (C=O) groups excluding carboxylic acids is 1. The molecular weight excluding hydrogens is 416 g/mol. The summed E-state index contributed by atoms with van der Waals surface area (Å²) in [6.07, 6.45) is 0.841. The van der Waals surface area contributed by atoms with Crippen LogP contribution in [0.15, 0.2) is 52.7 Å². The van der Waals surface area contributed by atoms with Crippen molar-refractivity contribution in [1.82, 2.24) is 20.4 Å². The number of hydrogen-bond acceptors (Lipinski definition) is 5. The van der Waals surface area contributed by atoms with Crippen molar-refractivity contribution in [3.05, 3.63) is 70.7 Å². The van der Waals surface area contributed by atoms with E-state index in [2.05, 4.69) is 36.5 Å². The number of hydrogen-bond donors (Lipinski definition) is 1. The van der Waals surface area contributed by atoms with Crippen molar-refractivity contribution in [2.24, 2.45) is 0 Å². The lowest BCUT2D eigenvalue weighted by atomic mass is 9.92. The van der Waals surface area contributed by atoms with E-state index in [1.165, 1.54) is 5.56 Å². The van der Waals surface area contributed by atoms with Gasteiger partial charge in [-0.1, -0.05) is 30.3 Å². The van der Waals surface area contributed by atoms with Gasteiger partial charge in [-0.25, -0.2) is 4.79 Å². The molecular formula is C26H30N4O3. The van der Waals surface area contributed by atoms with Crippen LogP contribution in [0.3, 0.4) is 0 Å². The highest BCUT2D eigenvalue weighted by atomic mass is 16.5. The first-order valence-corrected chi connectivity index (χ1v) is 11.4. The van der Waals surface area contributed by atoms with E-state index in [4.69, 9.17) is 14.2 Å². The van der Waals surface area contributed by atoms with Crippen LogP contribution in [0.5, 0.6) is 5.75 Å². The summed E-state index contributed by atoms with van der Waals surface area (Å²) in [7, 11) is 0. The fraction of sp³-hybridized carbons (Fsp3) is 0.346. The van der Waals surface area contributed by atoms with Gasteiger partial charge in [-0.15, -0.1) is 0 Å². The average Bonchev–Trinajstić information content (AvgIpc) is 3.28. The Morgan fingerprint density at radius 3 is 2.48 bits per heavy atom. The zero-order valence-electron chi connectivity index (χ0n) is 19.8. The van der Waals surface area contributed by atoms with Crippen LogP contribution in [0.2, 0.25) is 0 Å². The minimum absolute atomic E-state index is 0.118. The lowest BCUT2D eigenvalue weighted by Crippen LogP contribution is -2.46. The third-order valence-corrected chi connectivity index (χ3v) is 5.99. The van der Waals surface area contributed by atoms with Crippen LogP contribution in [0.25, 0.3) is 17.0 Å². The molecule has 7 heteroatoms. The summed E-state index contributed by atoms with van der Waals surface area (Å²) in [4.78, 5) is 19.4. The number of aromatic nitrogens is 2. The summed E-state index contributed by atoms with van der Waals surface area (Å²) in [5.74, 6) is 1.69. The summed E-state index contributed by atoms with van der Waals surface area (Å²) in [6.45, 7) is 11.3. The molecule has 0 saturated heterocycles. The number of nitrogens with one attached hydrogen (secondary N) is 1. The molecule has 2 amide bonds. The Morgan fingerprint density at radius 2 is 1.82 bits per heavy atom. The van der Waals surface area contributed by atoms with E-state index in [0.717, 1.165) is 40.1 Å². The van der Waals surface area contributed by atoms with Crippen molar-refractivity contribution in [2.75, 3.05) is 13.2 Å². The molecule has 1 unspecified atom stereocenters. The Bertz CT molecular complexity index is 1180. The molecule has 1 aliphatic rings. The van der Waals surface area contributed by atoms with Gasteiger partial charge >= 0.3 is 6.03 Å². The van der Waals surface area contributed by atoms with Crippen molar-refractivity contribution < 1.29 is 14.1 Å². The highest BCUT2D eigenvalue weighted by Gasteiger charge is 2.35. The second-order valence-corrected chi connectivity index (χ2v) is 8.26. The first-order chi connectivity index (χ1) is 15.9. The van der Waals surface area contributed by atoms with E-state index >= 15 is 0 Å². The van der Waals surface area contributed by atoms with Crippen LogP contribution in [0.1, 0.15) is 55.8 Å². The van der Waals surface area contributed by atoms with Crippen LogP contribution in [-0.2, 0) is 0 Å². The Hall–Kier alpha value is -3.61. The molecule has 1 aromatic heterocycles. The fourth-order valence-electron chi connectivity index (χ4n) is 4.06. The fourth-order valence-corrected chi connectivity index (χ4v) is 4.06. The van der Waals surface area contributed by atoms with Crippen LogP contribution in [-0.4, -0.2) is 34.2 Å². The first-order valence-electron chi connectivity index (χ1n) is 11.4. The van der Waals surface area contributed by atoms with E-state index in [9.17, 15) is 4.79 Å². The second kappa shape index (κ2) is 9.48. The number of carbonyl (C=O) groups is 1. The van der Waals surface area contributed by atoms with Gasteiger partial charge in [0.25, 0.3) is 5.89 Å². The van der Waals surface area contributed by atoms with Crippen molar-refractivity contribution in [3.63, 3.8) is 0 Å². The van der Waals surface area contributed by atoms with Crippen LogP contribution >= 0.6 is 0 Å². The van der Waals surface area contributed by atoms with Gasteiger partial charge in [-0.2, -0.15) is 4.98 Å². The standard InChI is InChI=1S/C26H30N4O3/c1-6-14-30-18(5)22(23(27-26(30)31)20-9-8-16(3)17(4)15-20)25-28-24(29-33-25)19-10-12-21(13-11-19)32-7-2/h8-13,15,23H,6-7,14H2,1-5H3,(H,27,31). The maximum Gasteiger partial charge on any atom is 0.322 e. The lowest BCUT2D eigenvalue weighted by molar-refractivity contribution is 0.205. The first kappa shape index (κ1) is 22.6. The number of amides is 2. The summed E-state index contributed by atoms with van der Waals surface area (Å²) < 4.78 is 11.3. The van der Waals surface area contributed by atoms with Crippen molar-refractivity contribution >= 4 is 11.6 Å². The van der Waals surface area contributed by atoms with Gasteiger partial charge in [0.05, 0.1) is 18.2 Å². The van der Waals surface area contributed by atoms with Gasteiger partial charge in [-0.3, -0.25) is 4.90 Å². The van der Waals surface area contributed by atoms with Crippen LogP contribution < -0.4 is 10.1 Å². The third kappa shape index (κ3) is 4.49. The molecule has 2 aromatic carbocycles. The topological polar surface area (TPSA) is 80.5 Å². The second-order valence-electron chi connectivity index (χ2n) is 8.26. The van der Waals surface area contributed by atoms with E-state index in [0.29, 0.717) is 24.9 Å². The van der Waals surface area contributed by atoms with Gasteiger partial charge in [0.15, 0.2) is 0 Å². The normalized spacial score (nSPS) is 16.2. The van der Waals surface area contributed by atoms with Gasteiger partial charge in [-0.05, 0) is 75.1 Å². The zero-order valence-corrected chi connectivity index (χ0v) is 19.8. The molecule has 0 fully saturated rings. The van der Waals surface area contributed by atoms with Crippen LogP contribution in [0, 0.1) is 13.8 Å². The summed E-state index contributed by atoms with van der Waals surface area (Å²) in [6, 6.07) is 13.3. The smallest absolute Gasteiger partial charge is 0.322 e. The number of ether oxygens (including phenoxy) is 1. The number of rotatable bonds is 7. The maximum absolute atomic E-state index is 12.9. The Balaban J connectivity index is 1.76. The molecule has 0 saturated carbocycles. The van der Waals surface area contributed by atoms with Crippen molar-refractivity contribution in [3.8, 4) is 17.1 Å². The zero-order chi connectivity index (χ0) is 23.5. The summed E-state index contributed by atoms with van der Waals surface area (Å²) in [5, 5.41) is 7.38. The molecule has 0 aliphatic carbocycles. The predicted octanol–water partition coefficient (Wildman–Crippen LogP) is 5.66. The molecule has 0 bridgehead atoms. The number of aryl methyl sites for hydroxylation is 2. The third-order valence-electron chi connectivity index (χ3n) is 5.99. The highest BCUT2D eigenvalue weighted by Crippen LogP contribution is 2.38. The molecule has 2 heterocycles. The predicted molar refractivity (Wildman–Crippen MR) is 128 cm³/mol. The molecule has 33 heavy (non-hydrogen) atoms. The Labute approximate surface area is 194 Å². The molecule has 1 N–H and O–H groups in total. The van der Waals surface area contributed by atoms with Crippen molar-refractivity contribution in [2.45, 2.75) is 47.1 Å². The van der Waals surface area contributed by atoms with E-state index in [1.807, 2.05) is 51.1 Å². The molecule has 4 rings (SSSR count). The summed E-state index contributed by atoms with van der Waals surface area (Å²) >= 11 is 0. The molecule has 3 aromatic rings. The minimum atomic E-state index is -0.376. The van der Waals surface area contributed by atoms with E-state index < -0.39 is 0 Å². The van der Waals surface area contributed by atoms with Gasteiger partial charge in [0.1, 0.15) is 5.75 Å². The largest absolute Gasteiger partial charge is 0.494 e. The molecule has 0 spiro atoms. The van der Waals surface area contributed by atoms with Crippen LogP contribution in [0.4, 0.5) is 4.79 Å². The minimum Gasteiger partial charge on any atom is -0.494 e. The van der Waals surface area contributed by atoms with E-state index in [-0.39, 0.29) is 12.1 Å². The molecule has 1 atom stereocenters. The number of benzene rings is 2. The molecule has 7 nitrogen and oxygen atoms in total. The van der Waals surface area contributed by atoms with E-state index in [1.54, 1.807) is 4.90 Å². The monoisotopic (exact) mass is 446 g/mol. The number of allylic oxidation sites excluding steroid dienone is 1. The van der Waals surface area contributed by atoms with Gasteiger partial charge in [0, 0.05) is 17.8 Å². The Kier molecular flexibility index (Phi) is 6.49. The van der Waals surface area contributed by atoms with Gasteiger partial charge in [0.2, 0.25) is 5.82 Å². The highest BCUT2D eigenvalue weighted by molar-refractivity contribution is 5.87. The quantitative estimate of drug-likeness (QED) is 0.506. The number of urea groups is 1. The SMILES string of the molecule is CCCN1C(=O)NC(c2ccc(C)c(C)c2)C(c2nc(-c3ccc(OCC)cc3)no2)=C1C. The molecule has 1 aliphatic heterocycles. The Morgan fingerprint density at radius 1 is 1.06 bits per heavy atom. The van der Waals surface area contributed by atoms with Crippen molar-refractivity contribution in [1.29, 1.82) is 0 Å². The maximum atomic E-state index is 12.9.